The maximum atomic E-state index is 9.51. The number of hydrogen-bond donors (Lipinski definition) is 0. The third-order valence-corrected chi connectivity index (χ3v) is 4.08. The number of nitriles is 2. The maximum absolute atomic E-state index is 9.51. The highest BCUT2D eigenvalue weighted by Gasteiger charge is 2.13. The molecule has 0 bridgehead atoms. The van der Waals surface area contributed by atoms with E-state index in [0.29, 0.717) is 11.1 Å². The largest absolute Gasteiger partial charge is 0.494 e. The summed E-state index contributed by atoms with van der Waals surface area (Å²) in [7, 11) is 0. The summed E-state index contributed by atoms with van der Waals surface area (Å²) in [4.78, 5) is 0. The van der Waals surface area contributed by atoms with Gasteiger partial charge in [0.05, 0.1) is 17.7 Å². The minimum Gasteiger partial charge on any atom is -0.494 e. The van der Waals surface area contributed by atoms with Gasteiger partial charge in [0.2, 0.25) is 0 Å². The van der Waals surface area contributed by atoms with E-state index in [0.717, 1.165) is 41.9 Å². The molecule has 2 aromatic rings. The quantitative estimate of drug-likeness (QED) is 0.657. The topological polar surface area (TPSA) is 56.8 Å². The van der Waals surface area contributed by atoms with Crippen LogP contribution >= 0.6 is 0 Å². The second-order valence-electron chi connectivity index (χ2n) is 5.68. The van der Waals surface area contributed by atoms with Crippen LogP contribution in [0.15, 0.2) is 36.4 Å². The molecule has 3 heteroatoms. The number of nitrogens with zero attached hydrogens (tertiary/aromatic N) is 2. The van der Waals surface area contributed by atoms with Gasteiger partial charge in [-0.15, -0.1) is 0 Å². The van der Waals surface area contributed by atoms with Crippen molar-refractivity contribution in [1.82, 2.24) is 0 Å². The van der Waals surface area contributed by atoms with Crippen molar-refractivity contribution in [3.05, 3.63) is 53.1 Å². The molecule has 0 radical (unpaired) electrons. The van der Waals surface area contributed by atoms with E-state index in [1.54, 1.807) is 0 Å². The Morgan fingerprint density at radius 3 is 2.17 bits per heavy atom. The molecule has 0 spiro atoms. The first-order valence-electron chi connectivity index (χ1n) is 8.44. The van der Waals surface area contributed by atoms with Crippen LogP contribution in [-0.2, 0) is 6.42 Å². The van der Waals surface area contributed by atoms with Gasteiger partial charge in [-0.25, -0.2) is 0 Å². The normalized spacial score (nSPS) is 10.0. The van der Waals surface area contributed by atoms with Crippen LogP contribution in [0.3, 0.4) is 0 Å². The van der Waals surface area contributed by atoms with Gasteiger partial charge in [0.25, 0.3) is 0 Å². The molecule has 24 heavy (non-hydrogen) atoms. The highest BCUT2D eigenvalue weighted by Crippen LogP contribution is 2.29. The van der Waals surface area contributed by atoms with E-state index in [2.05, 4.69) is 19.1 Å². The Morgan fingerprint density at radius 2 is 1.58 bits per heavy atom. The van der Waals surface area contributed by atoms with Crippen LogP contribution in [0.2, 0.25) is 0 Å². The SMILES string of the molecule is CCCCCOc1ccc(-c2ccc(CC)c(C#N)c2C#N)cc1. The Kier molecular flexibility index (Phi) is 6.41. The van der Waals surface area contributed by atoms with Crippen molar-refractivity contribution < 1.29 is 4.74 Å². The molecule has 0 aliphatic rings. The summed E-state index contributed by atoms with van der Waals surface area (Å²) in [5.74, 6) is 0.832. The first kappa shape index (κ1) is 17.6. The van der Waals surface area contributed by atoms with E-state index in [-0.39, 0.29) is 0 Å². The Bertz CT molecular complexity index is 764. The first-order valence-corrected chi connectivity index (χ1v) is 8.44. The molecule has 2 aromatic carbocycles. The number of aryl methyl sites for hydroxylation is 1. The van der Waals surface area contributed by atoms with Crippen LogP contribution in [-0.4, -0.2) is 6.61 Å². The lowest BCUT2D eigenvalue weighted by molar-refractivity contribution is 0.306. The van der Waals surface area contributed by atoms with E-state index in [1.165, 1.54) is 12.8 Å². The van der Waals surface area contributed by atoms with E-state index in [1.807, 2.05) is 43.3 Å². The zero-order valence-corrected chi connectivity index (χ0v) is 14.3. The number of hydrogen-bond acceptors (Lipinski definition) is 3. The molecule has 0 unspecified atom stereocenters. The van der Waals surface area contributed by atoms with Gasteiger partial charge in [-0.1, -0.05) is 51.0 Å². The molecule has 0 saturated carbocycles. The molecule has 0 aliphatic heterocycles. The Hall–Kier alpha value is -2.78. The van der Waals surface area contributed by atoms with Crippen LogP contribution in [0.5, 0.6) is 5.75 Å². The van der Waals surface area contributed by atoms with Gasteiger partial charge < -0.3 is 4.74 Å². The second-order valence-corrected chi connectivity index (χ2v) is 5.68. The van der Waals surface area contributed by atoms with Gasteiger partial charge in [0.15, 0.2) is 0 Å². The molecule has 0 fully saturated rings. The molecular formula is C21H22N2O. The van der Waals surface area contributed by atoms with Crippen LogP contribution in [0, 0.1) is 22.7 Å². The maximum Gasteiger partial charge on any atom is 0.119 e. The molecule has 0 heterocycles. The minimum absolute atomic E-state index is 0.452. The average molecular weight is 318 g/mol. The van der Waals surface area contributed by atoms with Gasteiger partial charge in [-0.2, -0.15) is 10.5 Å². The summed E-state index contributed by atoms with van der Waals surface area (Å²) < 4.78 is 5.72. The summed E-state index contributed by atoms with van der Waals surface area (Å²) in [6.45, 7) is 4.88. The smallest absolute Gasteiger partial charge is 0.119 e. The second kappa shape index (κ2) is 8.75. The number of rotatable bonds is 7. The molecule has 0 aromatic heterocycles. The molecule has 0 amide bonds. The summed E-state index contributed by atoms with van der Waals surface area (Å²) in [6, 6.07) is 16.0. The minimum atomic E-state index is 0.452. The summed E-state index contributed by atoms with van der Waals surface area (Å²) >= 11 is 0. The van der Waals surface area contributed by atoms with Crippen LogP contribution in [0.1, 0.15) is 49.8 Å². The van der Waals surface area contributed by atoms with Gasteiger partial charge in [0.1, 0.15) is 17.9 Å². The summed E-state index contributed by atoms with van der Waals surface area (Å²) in [6.07, 6.45) is 4.14. The van der Waals surface area contributed by atoms with Crippen LogP contribution in [0.4, 0.5) is 0 Å². The fraction of sp³-hybridized carbons (Fsp3) is 0.333. The molecule has 122 valence electrons. The Labute approximate surface area is 144 Å². The van der Waals surface area contributed by atoms with Crippen LogP contribution < -0.4 is 4.74 Å². The predicted molar refractivity (Wildman–Crippen MR) is 95.7 cm³/mol. The van der Waals surface area contributed by atoms with Gasteiger partial charge in [-0.3, -0.25) is 0 Å². The number of ether oxygens (including phenoxy) is 1. The third kappa shape index (κ3) is 3.94. The van der Waals surface area contributed by atoms with Crippen molar-refractivity contribution in [3.8, 4) is 29.0 Å². The Morgan fingerprint density at radius 1 is 0.875 bits per heavy atom. The molecule has 0 N–H and O–H groups in total. The zero-order chi connectivity index (χ0) is 17.4. The van der Waals surface area contributed by atoms with Gasteiger partial charge in [0, 0.05) is 5.56 Å². The fourth-order valence-corrected chi connectivity index (χ4v) is 2.70. The zero-order valence-electron chi connectivity index (χ0n) is 14.3. The molecule has 0 aliphatic carbocycles. The van der Waals surface area contributed by atoms with Crippen molar-refractivity contribution in [1.29, 1.82) is 10.5 Å². The first-order chi connectivity index (χ1) is 11.7. The molecule has 2 rings (SSSR count). The van der Waals surface area contributed by atoms with E-state index in [9.17, 15) is 10.5 Å². The highest BCUT2D eigenvalue weighted by atomic mass is 16.5. The Balaban J connectivity index is 2.26. The van der Waals surface area contributed by atoms with Crippen molar-refractivity contribution >= 4 is 0 Å². The van der Waals surface area contributed by atoms with E-state index >= 15 is 0 Å². The lowest BCUT2D eigenvalue weighted by Crippen LogP contribution is -1.97. The van der Waals surface area contributed by atoms with Crippen molar-refractivity contribution in [2.24, 2.45) is 0 Å². The van der Waals surface area contributed by atoms with Gasteiger partial charge >= 0.3 is 0 Å². The van der Waals surface area contributed by atoms with E-state index in [4.69, 9.17) is 4.74 Å². The lowest BCUT2D eigenvalue weighted by Gasteiger charge is -2.11. The summed E-state index contributed by atoms with van der Waals surface area (Å²) in [5.41, 5.74) is 3.56. The van der Waals surface area contributed by atoms with Crippen molar-refractivity contribution in [2.45, 2.75) is 39.5 Å². The highest BCUT2D eigenvalue weighted by molar-refractivity contribution is 5.75. The van der Waals surface area contributed by atoms with Crippen molar-refractivity contribution in [2.75, 3.05) is 6.61 Å². The number of benzene rings is 2. The number of unbranched alkanes of at least 4 members (excludes halogenated alkanes) is 2. The van der Waals surface area contributed by atoms with Crippen LogP contribution in [0.25, 0.3) is 11.1 Å². The molecular weight excluding hydrogens is 296 g/mol. The molecule has 0 saturated heterocycles. The molecule has 0 atom stereocenters. The fourth-order valence-electron chi connectivity index (χ4n) is 2.70. The summed E-state index contributed by atoms with van der Waals surface area (Å²) in [5, 5.41) is 18.9. The molecule has 3 nitrogen and oxygen atoms in total. The standard InChI is InChI=1S/C21H22N2O/c1-3-5-6-13-24-18-10-7-17(8-11-18)19-12-9-16(4-2)20(14-22)21(19)15-23/h7-12H,3-6,13H2,1-2H3. The monoisotopic (exact) mass is 318 g/mol. The average Bonchev–Trinajstić information content (AvgIpc) is 2.64. The lowest BCUT2D eigenvalue weighted by atomic mass is 9.92. The third-order valence-electron chi connectivity index (χ3n) is 4.08. The van der Waals surface area contributed by atoms with E-state index < -0.39 is 0 Å². The predicted octanol–water partition coefficient (Wildman–Crippen LogP) is 5.23. The van der Waals surface area contributed by atoms with Gasteiger partial charge in [-0.05, 0) is 36.1 Å². The van der Waals surface area contributed by atoms with Crippen molar-refractivity contribution in [3.63, 3.8) is 0 Å².